The number of fused-ring (bicyclic) bond motifs is 1. The molecule has 5 nitrogen and oxygen atoms in total. The standard InChI is InChI=1S/C8H6N2O.C2H2N2S/c11-8-9-5-6-3-1-2-4-7(6)10-8;1-3-4-2-5-1/h1-5H,(H,9,10,11);1-2H. The summed E-state index contributed by atoms with van der Waals surface area (Å²) in [5.41, 5.74) is 3.89. The fourth-order valence-corrected chi connectivity index (χ4v) is 1.41. The molecule has 0 spiro atoms. The van der Waals surface area contributed by atoms with E-state index < -0.39 is 0 Å². The van der Waals surface area contributed by atoms with Gasteiger partial charge in [-0.25, -0.2) is 9.78 Å². The summed E-state index contributed by atoms with van der Waals surface area (Å²) in [7, 11) is 0. The van der Waals surface area contributed by atoms with Crippen LogP contribution >= 0.6 is 11.3 Å². The van der Waals surface area contributed by atoms with Crippen molar-refractivity contribution in [1.82, 2.24) is 20.2 Å². The highest BCUT2D eigenvalue weighted by Gasteiger charge is 1.90. The van der Waals surface area contributed by atoms with Gasteiger partial charge in [0, 0.05) is 11.6 Å². The van der Waals surface area contributed by atoms with Crippen LogP contribution in [0.2, 0.25) is 0 Å². The molecule has 0 radical (unpaired) electrons. The van der Waals surface area contributed by atoms with Crippen LogP contribution in [0.15, 0.2) is 46.3 Å². The molecule has 1 aromatic carbocycles. The summed E-state index contributed by atoms with van der Waals surface area (Å²) in [5, 5.41) is 7.93. The molecule has 80 valence electrons. The lowest BCUT2D eigenvalue weighted by Gasteiger charge is -1.92. The van der Waals surface area contributed by atoms with Gasteiger partial charge < -0.3 is 4.98 Å². The quantitative estimate of drug-likeness (QED) is 0.637. The lowest BCUT2D eigenvalue weighted by molar-refractivity contribution is 1.09. The molecule has 0 aliphatic carbocycles. The second kappa shape index (κ2) is 5.13. The van der Waals surface area contributed by atoms with Gasteiger partial charge in [0.05, 0.1) is 5.52 Å². The normalized spacial score (nSPS) is 9.50. The molecule has 0 bridgehead atoms. The van der Waals surface area contributed by atoms with E-state index in [0.717, 1.165) is 10.9 Å². The van der Waals surface area contributed by atoms with E-state index in [-0.39, 0.29) is 5.69 Å². The van der Waals surface area contributed by atoms with Crippen molar-refractivity contribution < 1.29 is 0 Å². The van der Waals surface area contributed by atoms with Crippen molar-refractivity contribution in [2.75, 3.05) is 0 Å². The lowest BCUT2D eigenvalue weighted by atomic mass is 10.2. The third-order valence-electron chi connectivity index (χ3n) is 1.81. The molecule has 6 heteroatoms. The maximum atomic E-state index is 10.7. The van der Waals surface area contributed by atoms with Crippen LogP contribution in [0, 0.1) is 0 Å². The summed E-state index contributed by atoms with van der Waals surface area (Å²) >= 11 is 1.49. The van der Waals surface area contributed by atoms with Gasteiger partial charge in [-0.3, -0.25) is 0 Å². The Balaban J connectivity index is 0.000000162. The van der Waals surface area contributed by atoms with Crippen molar-refractivity contribution in [3.05, 3.63) is 52.0 Å². The molecular weight excluding hydrogens is 224 g/mol. The Labute approximate surface area is 94.8 Å². The topological polar surface area (TPSA) is 71.5 Å². The number of nitrogens with zero attached hydrogens (tertiary/aromatic N) is 3. The predicted octanol–water partition coefficient (Wildman–Crippen LogP) is 1.46. The zero-order valence-electron chi connectivity index (χ0n) is 8.20. The SMILES string of the molecule is O=c1ncc2ccccc2[nH]1.c1nncs1. The zero-order valence-corrected chi connectivity index (χ0v) is 9.02. The second-order valence-electron chi connectivity index (χ2n) is 2.85. The van der Waals surface area contributed by atoms with Gasteiger partial charge in [0.25, 0.3) is 0 Å². The van der Waals surface area contributed by atoms with E-state index in [4.69, 9.17) is 0 Å². The van der Waals surface area contributed by atoms with Crippen molar-refractivity contribution in [1.29, 1.82) is 0 Å². The highest BCUT2D eigenvalue weighted by atomic mass is 32.1. The maximum absolute atomic E-state index is 10.7. The number of H-pyrrole nitrogens is 1. The highest BCUT2D eigenvalue weighted by Crippen LogP contribution is 2.05. The molecule has 0 saturated carbocycles. The molecule has 0 saturated heterocycles. The van der Waals surface area contributed by atoms with Crippen molar-refractivity contribution in [2.45, 2.75) is 0 Å². The average Bonchev–Trinajstić information content (AvgIpc) is 2.87. The van der Waals surface area contributed by atoms with Crippen LogP contribution in [0.1, 0.15) is 0 Å². The molecule has 3 rings (SSSR count). The first-order valence-electron chi connectivity index (χ1n) is 4.49. The van der Waals surface area contributed by atoms with E-state index in [1.807, 2.05) is 24.3 Å². The van der Waals surface area contributed by atoms with Crippen LogP contribution in [0.25, 0.3) is 10.9 Å². The average molecular weight is 232 g/mol. The summed E-state index contributed by atoms with van der Waals surface area (Å²) in [5.74, 6) is 0. The van der Waals surface area contributed by atoms with Gasteiger partial charge in [0.2, 0.25) is 0 Å². The highest BCUT2D eigenvalue weighted by molar-refractivity contribution is 7.07. The van der Waals surface area contributed by atoms with E-state index >= 15 is 0 Å². The fourth-order valence-electron chi connectivity index (χ4n) is 1.14. The van der Waals surface area contributed by atoms with Gasteiger partial charge in [-0.1, -0.05) is 18.2 Å². The first-order valence-corrected chi connectivity index (χ1v) is 5.43. The largest absolute Gasteiger partial charge is 0.345 e. The molecule has 0 aliphatic heterocycles. The molecule has 0 unspecified atom stereocenters. The minimum atomic E-state index is -0.302. The Morgan fingerprint density at radius 1 is 1.12 bits per heavy atom. The Hall–Kier alpha value is -2.08. The van der Waals surface area contributed by atoms with Crippen LogP contribution in [0.5, 0.6) is 0 Å². The fraction of sp³-hybridized carbons (Fsp3) is 0. The van der Waals surface area contributed by atoms with E-state index in [2.05, 4.69) is 20.2 Å². The number of aromatic nitrogens is 4. The third kappa shape index (κ3) is 2.71. The van der Waals surface area contributed by atoms with Crippen LogP contribution in [-0.2, 0) is 0 Å². The van der Waals surface area contributed by atoms with Gasteiger partial charge in [-0.15, -0.1) is 21.5 Å². The number of benzene rings is 1. The Bertz CT molecular complexity index is 588. The van der Waals surface area contributed by atoms with Crippen LogP contribution in [-0.4, -0.2) is 20.2 Å². The maximum Gasteiger partial charge on any atom is 0.345 e. The number of hydrogen-bond acceptors (Lipinski definition) is 5. The Morgan fingerprint density at radius 3 is 2.56 bits per heavy atom. The summed E-state index contributed by atoms with van der Waals surface area (Å²) < 4.78 is 0. The van der Waals surface area contributed by atoms with Gasteiger partial charge in [-0.05, 0) is 6.07 Å². The summed E-state index contributed by atoms with van der Waals surface area (Å²) in [4.78, 5) is 16.9. The van der Waals surface area contributed by atoms with E-state index in [1.54, 1.807) is 17.2 Å². The summed E-state index contributed by atoms with van der Waals surface area (Å²) in [6.45, 7) is 0. The van der Waals surface area contributed by atoms with Gasteiger partial charge in [0.1, 0.15) is 11.0 Å². The molecule has 3 aromatic rings. The molecule has 16 heavy (non-hydrogen) atoms. The predicted molar refractivity (Wildman–Crippen MR) is 62.3 cm³/mol. The van der Waals surface area contributed by atoms with E-state index in [9.17, 15) is 4.79 Å². The molecule has 1 N–H and O–H groups in total. The molecule has 0 amide bonds. The number of aromatic amines is 1. The molecule has 0 aliphatic rings. The Kier molecular flexibility index (Phi) is 3.35. The van der Waals surface area contributed by atoms with Crippen LogP contribution < -0.4 is 5.69 Å². The first kappa shape index (κ1) is 10.4. The molecule has 0 atom stereocenters. The third-order valence-corrected chi connectivity index (χ3v) is 2.24. The molecular formula is C10H8N4OS. The number of nitrogens with one attached hydrogen (secondary N) is 1. The number of rotatable bonds is 0. The second-order valence-corrected chi connectivity index (χ2v) is 3.55. The smallest absolute Gasteiger partial charge is 0.305 e. The minimum Gasteiger partial charge on any atom is -0.305 e. The number of hydrogen-bond donors (Lipinski definition) is 1. The zero-order chi connectivity index (χ0) is 11.2. The molecule has 0 fully saturated rings. The summed E-state index contributed by atoms with van der Waals surface area (Å²) in [6, 6.07) is 7.53. The van der Waals surface area contributed by atoms with Gasteiger partial charge in [-0.2, -0.15) is 0 Å². The van der Waals surface area contributed by atoms with Crippen LogP contribution in [0.3, 0.4) is 0 Å². The van der Waals surface area contributed by atoms with Crippen molar-refractivity contribution in [3.63, 3.8) is 0 Å². The molecule has 2 aromatic heterocycles. The summed E-state index contributed by atoms with van der Waals surface area (Å²) in [6.07, 6.45) is 1.56. The van der Waals surface area contributed by atoms with E-state index in [0.29, 0.717) is 0 Å². The van der Waals surface area contributed by atoms with Gasteiger partial charge >= 0.3 is 5.69 Å². The van der Waals surface area contributed by atoms with Crippen molar-refractivity contribution in [2.24, 2.45) is 0 Å². The van der Waals surface area contributed by atoms with E-state index in [1.165, 1.54) is 11.3 Å². The first-order chi connectivity index (χ1) is 7.86. The Morgan fingerprint density at radius 2 is 1.88 bits per heavy atom. The number of para-hydroxylation sites is 1. The minimum absolute atomic E-state index is 0.302. The van der Waals surface area contributed by atoms with Gasteiger partial charge in [0.15, 0.2) is 0 Å². The monoisotopic (exact) mass is 232 g/mol. The lowest BCUT2D eigenvalue weighted by Crippen LogP contribution is -2.07. The van der Waals surface area contributed by atoms with Crippen molar-refractivity contribution in [3.8, 4) is 0 Å². The van der Waals surface area contributed by atoms with Crippen LogP contribution in [0.4, 0.5) is 0 Å². The van der Waals surface area contributed by atoms with Crippen molar-refractivity contribution >= 4 is 22.2 Å². The molecule has 2 heterocycles.